The second-order valence-electron chi connectivity index (χ2n) is 3.42. The Morgan fingerprint density at radius 3 is 2.87 bits per heavy atom. The Balaban J connectivity index is 2.30. The molecule has 0 N–H and O–H groups in total. The first-order valence-corrected chi connectivity index (χ1v) is 6.29. The Morgan fingerprint density at radius 2 is 2.07 bits per heavy atom. The van der Waals surface area contributed by atoms with Crippen molar-refractivity contribution >= 4 is 34.3 Å². The number of alkyl halides is 1. The molecule has 1 aromatic heterocycles. The molecule has 0 aliphatic carbocycles. The van der Waals surface area contributed by atoms with Crippen LogP contribution in [0.2, 0.25) is 0 Å². The number of rotatable bonds is 3. The molecular formula is C12H12ClNS. The van der Waals surface area contributed by atoms with E-state index in [2.05, 4.69) is 30.1 Å². The maximum atomic E-state index is 5.77. The number of thioether (sulfide) groups is 1. The standard InChI is InChI=1S/C12H12ClNS/c1-9(8-13)15-12-7-6-10-4-2-3-5-11(10)14-12/h2-7,9H,8H2,1H3. The Bertz CT molecular complexity index is 458. The molecule has 1 nitrogen and oxygen atoms in total. The van der Waals surface area contributed by atoms with Gasteiger partial charge < -0.3 is 0 Å². The van der Waals surface area contributed by atoms with Crippen LogP contribution in [0.5, 0.6) is 0 Å². The minimum Gasteiger partial charge on any atom is -0.241 e. The summed E-state index contributed by atoms with van der Waals surface area (Å²) in [7, 11) is 0. The van der Waals surface area contributed by atoms with Gasteiger partial charge in [-0.05, 0) is 12.1 Å². The third-order valence-corrected chi connectivity index (χ3v) is 3.80. The molecule has 15 heavy (non-hydrogen) atoms. The van der Waals surface area contributed by atoms with Gasteiger partial charge in [-0.1, -0.05) is 31.2 Å². The molecule has 0 aliphatic heterocycles. The lowest BCUT2D eigenvalue weighted by molar-refractivity contribution is 1.09. The SMILES string of the molecule is CC(CCl)Sc1ccc2ccccc2n1. The van der Waals surface area contributed by atoms with Crippen LogP contribution >= 0.6 is 23.4 Å². The number of halogens is 1. The van der Waals surface area contributed by atoms with E-state index in [4.69, 9.17) is 11.6 Å². The molecule has 0 spiro atoms. The zero-order valence-corrected chi connectivity index (χ0v) is 10.1. The van der Waals surface area contributed by atoms with E-state index in [1.807, 2.05) is 18.2 Å². The summed E-state index contributed by atoms with van der Waals surface area (Å²) < 4.78 is 0. The highest BCUT2D eigenvalue weighted by Gasteiger charge is 2.04. The Morgan fingerprint density at radius 1 is 1.27 bits per heavy atom. The van der Waals surface area contributed by atoms with Crippen LogP contribution < -0.4 is 0 Å². The van der Waals surface area contributed by atoms with Crippen LogP contribution in [0.25, 0.3) is 10.9 Å². The summed E-state index contributed by atoms with van der Waals surface area (Å²) in [5, 5.41) is 2.63. The molecule has 0 amide bonds. The van der Waals surface area contributed by atoms with Gasteiger partial charge in [-0.15, -0.1) is 23.4 Å². The van der Waals surface area contributed by atoms with Gasteiger partial charge in [0.05, 0.1) is 10.5 Å². The van der Waals surface area contributed by atoms with Gasteiger partial charge in [0.25, 0.3) is 0 Å². The predicted molar refractivity (Wildman–Crippen MR) is 67.8 cm³/mol. The quantitative estimate of drug-likeness (QED) is 0.592. The van der Waals surface area contributed by atoms with Gasteiger partial charge in [-0.2, -0.15) is 0 Å². The molecule has 1 heterocycles. The minimum absolute atomic E-state index is 0.403. The molecule has 0 aliphatic rings. The van der Waals surface area contributed by atoms with E-state index < -0.39 is 0 Å². The first-order chi connectivity index (χ1) is 7.29. The highest BCUT2D eigenvalue weighted by molar-refractivity contribution is 7.99. The van der Waals surface area contributed by atoms with Gasteiger partial charge in [0, 0.05) is 16.5 Å². The Kier molecular flexibility index (Phi) is 3.49. The van der Waals surface area contributed by atoms with Crippen molar-refractivity contribution in [3.63, 3.8) is 0 Å². The third kappa shape index (κ3) is 2.64. The van der Waals surface area contributed by atoms with Gasteiger partial charge >= 0.3 is 0 Å². The molecule has 0 bridgehead atoms. The molecule has 1 aromatic carbocycles. The van der Waals surface area contributed by atoms with Crippen LogP contribution in [0.3, 0.4) is 0 Å². The summed E-state index contributed by atoms with van der Waals surface area (Å²) in [5.74, 6) is 0.652. The average molecular weight is 238 g/mol. The van der Waals surface area contributed by atoms with Crippen molar-refractivity contribution in [2.45, 2.75) is 17.2 Å². The van der Waals surface area contributed by atoms with Crippen molar-refractivity contribution < 1.29 is 0 Å². The van der Waals surface area contributed by atoms with Crippen LogP contribution in [0.4, 0.5) is 0 Å². The van der Waals surface area contributed by atoms with Crippen molar-refractivity contribution in [2.24, 2.45) is 0 Å². The van der Waals surface area contributed by atoms with Gasteiger partial charge in [0.15, 0.2) is 0 Å². The van der Waals surface area contributed by atoms with Crippen LogP contribution in [0, 0.1) is 0 Å². The first kappa shape index (κ1) is 10.8. The van der Waals surface area contributed by atoms with Crippen LogP contribution in [-0.4, -0.2) is 16.1 Å². The lowest BCUT2D eigenvalue weighted by Gasteiger charge is -2.06. The van der Waals surface area contributed by atoms with E-state index in [-0.39, 0.29) is 0 Å². The molecule has 0 radical (unpaired) electrons. The third-order valence-electron chi connectivity index (χ3n) is 2.11. The highest BCUT2D eigenvalue weighted by Crippen LogP contribution is 2.24. The molecule has 3 heteroatoms. The summed E-state index contributed by atoms with van der Waals surface area (Å²) >= 11 is 7.49. The number of pyridine rings is 1. The molecule has 2 aromatic rings. The predicted octanol–water partition coefficient (Wildman–Crippen LogP) is 3.95. The topological polar surface area (TPSA) is 12.9 Å². The van der Waals surface area contributed by atoms with Crippen molar-refractivity contribution in [3.8, 4) is 0 Å². The van der Waals surface area contributed by atoms with Crippen molar-refractivity contribution in [1.29, 1.82) is 0 Å². The molecule has 0 fully saturated rings. The number of para-hydroxylation sites is 1. The van der Waals surface area contributed by atoms with E-state index in [1.165, 1.54) is 5.39 Å². The normalized spacial score (nSPS) is 12.9. The molecular weight excluding hydrogens is 226 g/mol. The first-order valence-electron chi connectivity index (χ1n) is 4.88. The molecule has 1 atom stereocenters. The molecule has 0 saturated heterocycles. The van der Waals surface area contributed by atoms with Gasteiger partial charge in [-0.25, -0.2) is 4.98 Å². The molecule has 78 valence electrons. The zero-order chi connectivity index (χ0) is 10.7. The fraction of sp³-hybridized carbons (Fsp3) is 0.250. The fourth-order valence-electron chi connectivity index (χ4n) is 1.35. The molecule has 1 unspecified atom stereocenters. The summed E-state index contributed by atoms with van der Waals surface area (Å²) in [5.41, 5.74) is 1.05. The summed E-state index contributed by atoms with van der Waals surface area (Å²) in [6.45, 7) is 2.11. The lowest BCUT2D eigenvalue weighted by atomic mass is 10.2. The van der Waals surface area contributed by atoms with Gasteiger partial charge in [0.1, 0.15) is 0 Å². The van der Waals surface area contributed by atoms with E-state index >= 15 is 0 Å². The van der Waals surface area contributed by atoms with Crippen molar-refractivity contribution in [1.82, 2.24) is 4.98 Å². The van der Waals surface area contributed by atoms with Crippen molar-refractivity contribution in [3.05, 3.63) is 36.4 Å². The summed E-state index contributed by atoms with van der Waals surface area (Å²) in [4.78, 5) is 4.57. The second-order valence-corrected chi connectivity index (χ2v) is 5.19. The number of hydrogen-bond donors (Lipinski definition) is 0. The van der Waals surface area contributed by atoms with E-state index in [0.29, 0.717) is 11.1 Å². The Hall–Kier alpha value is -0.730. The number of aromatic nitrogens is 1. The van der Waals surface area contributed by atoms with Crippen LogP contribution in [-0.2, 0) is 0 Å². The largest absolute Gasteiger partial charge is 0.241 e. The Labute approximate surface area is 98.9 Å². The van der Waals surface area contributed by atoms with Gasteiger partial charge in [0.2, 0.25) is 0 Å². The zero-order valence-electron chi connectivity index (χ0n) is 8.48. The van der Waals surface area contributed by atoms with Crippen LogP contribution in [0.15, 0.2) is 41.4 Å². The molecule has 2 rings (SSSR count). The monoisotopic (exact) mass is 237 g/mol. The number of hydrogen-bond acceptors (Lipinski definition) is 2. The lowest BCUT2D eigenvalue weighted by Crippen LogP contribution is -1.97. The van der Waals surface area contributed by atoms with E-state index in [9.17, 15) is 0 Å². The molecule has 0 saturated carbocycles. The number of benzene rings is 1. The fourth-order valence-corrected chi connectivity index (χ4v) is 2.31. The summed E-state index contributed by atoms with van der Waals surface area (Å²) in [6, 6.07) is 12.3. The van der Waals surface area contributed by atoms with Crippen LogP contribution in [0.1, 0.15) is 6.92 Å². The maximum absolute atomic E-state index is 5.77. The smallest absolute Gasteiger partial charge is 0.0970 e. The van der Waals surface area contributed by atoms with E-state index in [1.54, 1.807) is 11.8 Å². The number of nitrogens with zero attached hydrogens (tertiary/aromatic N) is 1. The highest BCUT2D eigenvalue weighted by atomic mass is 35.5. The van der Waals surface area contributed by atoms with Gasteiger partial charge in [-0.3, -0.25) is 0 Å². The van der Waals surface area contributed by atoms with E-state index in [0.717, 1.165) is 10.5 Å². The summed E-state index contributed by atoms with van der Waals surface area (Å²) in [6.07, 6.45) is 0. The average Bonchev–Trinajstić information content (AvgIpc) is 2.29. The van der Waals surface area contributed by atoms with Crippen molar-refractivity contribution in [2.75, 3.05) is 5.88 Å². The minimum atomic E-state index is 0.403. The maximum Gasteiger partial charge on any atom is 0.0970 e. The second kappa shape index (κ2) is 4.86. The number of fused-ring (bicyclic) bond motifs is 1.